The van der Waals surface area contributed by atoms with Crippen LogP contribution in [0.15, 0.2) is 30.3 Å². The van der Waals surface area contributed by atoms with Crippen molar-refractivity contribution in [1.82, 2.24) is 0 Å². The summed E-state index contributed by atoms with van der Waals surface area (Å²) < 4.78 is 13.4. The number of aromatic carboxylic acids is 1. The number of carbonyl (C=O) groups is 2. The summed E-state index contributed by atoms with van der Waals surface area (Å²) in [5, 5.41) is 19.6. The number of hydrogen-bond acceptors (Lipinski definition) is 3. The molecule has 0 aliphatic rings. The van der Waals surface area contributed by atoms with E-state index < -0.39 is 28.9 Å². The summed E-state index contributed by atoms with van der Waals surface area (Å²) in [5.74, 6) is -3.78. The number of carboxylic acid groups (broad SMARTS) is 1. The highest BCUT2D eigenvalue weighted by atomic mass is 35.5. The number of aryl methyl sites for hydroxylation is 1. The molecule has 0 aliphatic carbocycles. The van der Waals surface area contributed by atoms with Crippen molar-refractivity contribution in [2.24, 2.45) is 0 Å². The number of aromatic hydroxyl groups is 1. The van der Waals surface area contributed by atoms with Crippen molar-refractivity contribution in [1.29, 1.82) is 0 Å². The number of carboxylic acids is 1. The van der Waals surface area contributed by atoms with Crippen LogP contribution in [0.3, 0.4) is 0 Å². The average Bonchev–Trinajstić information content (AvgIpc) is 2.49. The Labute approximate surface area is 141 Å². The van der Waals surface area contributed by atoms with E-state index in [-0.39, 0.29) is 18.4 Å². The molecule has 2 rings (SSSR count). The predicted octanol–water partition coefficient (Wildman–Crippen LogP) is 4.35. The van der Waals surface area contributed by atoms with E-state index in [1.807, 2.05) is 0 Å². The first-order valence-electron chi connectivity index (χ1n) is 6.52. The zero-order valence-electron chi connectivity index (χ0n) is 11.6. The summed E-state index contributed by atoms with van der Waals surface area (Å²) in [4.78, 5) is 23.1. The molecule has 2 aromatic carbocycles. The maximum absolute atomic E-state index is 13.4. The highest BCUT2D eigenvalue weighted by Crippen LogP contribution is 2.27. The molecular weight excluding hydrogens is 346 g/mol. The van der Waals surface area contributed by atoms with Gasteiger partial charge < -0.3 is 10.2 Å². The fourth-order valence-corrected chi connectivity index (χ4v) is 2.50. The molecule has 7 heteroatoms. The molecule has 2 aromatic rings. The third-order valence-corrected chi connectivity index (χ3v) is 3.84. The van der Waals surface area contributed by atoms with Gasteiger partial charge in [-0.15, -0.1) is 0 Å². The van der Waals surface area contributed by atoms with Crippen LogP contribution in [0.25, 0.3) is 0 Å². The highest BCUT2D eigenvalue weighted by Gasteiger charge is 2.20. The molecule has 4 nitrogen and oxygen atoms in total. The van der Waals surface area contributed by atoms with Gasteiger partial charge in [-0.05, 0) is 42.3 Å². The number of ketones is 1. The van der Waals surface area contributed by atoms with Crippen LogP contribution in [-0.2, 0) is 6.42 Å². The SMILES string of the molecule is O=C(O)c1cc(F)cc(C(=O)CCc2cc(Cl)ccc2Cl)c1O. The lowest BCUT2D eigenvalue weighted by atomic mass is 9.99. The van der Waals surface area contributed by atoms with Gasteiger partial charge >= 0.3 is 5.97 Å². The molecular formula is C16H11Cl2FO4. The second kappa shape index (κ2) is 6.98. The number of hydrogen-bond donors (Lipinski definition) is 2. The lowest BCUT2D eigenvalue weighted by Crippen LogP contribution is -2.07. The number of phenols is 1. The minimum atomic E-state index is -1.52. The molecule has 0 amide bonds. The van der Waals surface area contributed by atoms with Crippen molar-refractivity contribution in [3.63, 3.8) is 0 Å². The first-order valence-corrected chi connectivity index (χ1v) is 7.28. The van der Waals surface area contributed by atoms with Gasteiger partial charge in [0.25, 0.3) is 0 Å². The number of Topliss-reactive ketones (excluding diaryl/α,β-unsaturated/α-hetero) is 1. The molecule has 0 spiro atoms. The van der Waals surface area contributed by atoms with Gasteiger partial charge in [-0.2, -0.15) is 0 Å². The quantitative estimate of drug-likeness (QED) is 0.780. The molecule has 0 fully saturated rings. The molecule has 120 valence electrons. The molecule has 2 N–H and O–H groups in total. The van der Waals surface area contributed by atoms with Gasteiger partial charge in [0.2, 0.25) is 0 Å². The number of rotatable bonds is 5. The zero-order chi connectivity index (χ0) is 17.1. The molecule has 0 saturated carbocycles. The summed E-state index contributed by atoms with van der Waals surface area (Å²) in [6.45, 7) is 0. The largest absolute Gasteiger partial charge is 0.506 e. The number of benzene rings is 2. The van der Waals surface area contributed by atoms with Gasteiger partial charge in [-0.3, -0.25) is 4.79 Å². The second-order valence-corrected chi connectivity index (χ2v) is 5.66. The maximum atomic E-state index is 13.4. The summed E-state index contributed by atoms with van der Waals surface area (Å²) in [6, 6.07) is 6.26. The zero-order valence-corrected chi connectivity index (χ0v) is 13.2. The van der Waals surface area contributed by atoms with Gasteiger partial charge in [0.15, 0.2) is 5.78 Å². The predicted molar refractivity (Wildman–Crippen MR) is 84.1 cm³/mol. The smallest absolute Gasteiger partial charge is 0.339 e. The molecule has 23 heavy (non-hydrogen) atoms. The molecule has 0 bridgehead atoms. The molecule has 0 unspecified atom stereocenters. The van der Waals surface area contributed by atoms with E-state index in [0.717, 1.165) is 6.07 Å². The Morgan fingerprint density at radius 3 is 2.39 bits per heavy atom. The van der Waals surface area contributed by atoms with Crippen LogP contribution < -0.4 is 0 Å². The van der Waals surface area contributed by atoms with Crippen molar-refractivity contribution < 1.29 is 24.2 Å². The third-order valence-electron chi connectivity index (χ3n) is 3.23. The van der Waals surface area contributed by atoms with Crippen LogP contribution >= 0.6 is 23.2 Å². The monoisotopic (exact) mass is 356 g/mol. The summed E-state index contributed by atoms with van der Waals surface area (Å²) in [7, 11) is 0. The van der Waals surface area contributed by atoms with Crippen LogP contribution in [-0.4, -0.2) is 22.0 Å². The number of halogens is 3. The Hall–Kier alpha value is -2.11. The van der Waals surface area contributed by atoms with Gasteiger partial charge in [0.1, 0.15) is 17.1 Å². The highest BCUT2D eigenvalue weighted by molar-refractivity contribution is 6.33. The van der Waals surface area contributed by atoms with E-state index in [9.17, 15) is 19.1 Å². The minimum Gasteiger partial charge on any atom is -0.506 e. The van der Waals surface area contributed by atoms with Gasteiger partial charge in [-0.1, -0.05) is 23.2 Å². The van der Waals surface area contributed by atoms with Crippen molar-refractivity contribution in [3.05, 3.63) is 62.9 Å². The Morgan fingerprint density at radius 2 is 1.74 bits per heavy atom. The summed E-state index contributed by atoms with van der Waals surface area (Å²) in [5.41, 5.74) is -0.406. The Kier molecular flexibility index (Phi) is 5.23. The molecule has 0 aromatic heterocycles. The first kappa shape index (κ1) is 17.2. The van der Waals surface area contributed by atoms with E-state index in [0.29, 0.717) is 21.7 Å². The Bertz CT molecular complexity index is 790. The normalized spacial score (nSPS) is 10.6. The van der Waals surface area contributed by atoms with Crippen LogP contribution in [0.1, 0.15) is 32.7 Å². The lowest BCUT2D eigenvalue weighted by molar-refractivity contribution is 0.0693. The van der Waals surface area contributed by atoms with Crippen LogP contribution in [0, 0.1) is 5.82 Å². The fourth-order valence-electron chi connectivity index (χ4n) is 2.09. The van der Waals surface area contributed by atoms with E-state index >= 15 is 0 Å². The van der Waals surface area contributed by atoms with Crippen LogP contribution in [0.5, 0.6) is 5.75 Å². The average molecular weight is 357 g/mol. The standard InChI is InChI=1S/C16H11Cl2FO4/c17-9-2-3-13(18)8(5-9)1-4-14(20)11-6-10(19)7-12(15(11)21)16(22)23/h2-3,5-7,21H,1,4H2,(H,22,23). The molecule has 0 radical (unpaired) electrons. The second-order valence-electron chi connectivity index (χ2n) is 4.81. The summed E-state index contributed by atoms with van der Waals surface area (Å²) in [6.07, 6.45) is 0.132. The van der Waals surface area contributed by atoms with Crippen molar-refractivity contribution in [3.8, 4) is 5.75 Å². The van der Waals surface area contributed by atoms with E-state index in [1.165, 1.54) is 0 Å². The Balaban J connectivity index is 2.24. The number of carbonyl (C=O) groups excluding carboxylic acids is 1. The first-order chi connectivity index (χ1) is 10.8. The topological polar surface area (TPSA) is 74.6 Å². The van der Waals surface area contributed by atoms with E-state index in [1.54, 1.807) is 18.2 Å². The van der Waals surface area contributed by atoms with Crippen LogP contribution in [0.2, 0.25) is 10.0 Å². The van der Waals surface area contributed by atoms with E-state index in [4.69, 9.17) is 28.3 Å². The lowest BCUT2D eigenvalue weighted by Gasteiger charge is -2.08. The minimum absolute atomic E-state index is 0.0872. The molecule has 0 saturated heterocycles. The summed E-state index contributed by atoms with van der Waals surface area (Å²) >= 11 is 11.8. The van der Waals surface area contributed by atoms with Crippen molar-refractivity contribution in [2.75, 3.05) is 0 Å². The van der Waals surface area contributed by atoms with Crippen LogP contribution in [0.4, 0.5) is 4.39 Å². The van der Waals surface area contributed by atoms with Gasteiger partial charge in [0.05, 0.1) is 5.56 Å². The Morgan fingerprint density at radius 1 is 1.09 bits per heavy atom. The van der Waals surface area contributed by atoms with E-state index in [2.05, 4.69) is 0 Å². The van der Waals surface area contributed by atoms with Crippen molar-refractivity contribution in [2.45, 2.75) is 12.8 Å². The molecule has 0 atom stereocenters. The van der Waals surface area contributed by atoms with Gasteiger partial charge in [0, 0.05) is 16.5 Å². The maximum Gasteiger partial charge on any atom is 0.339 e. The molecule has 0 heterocycles. The third kappa shape index (κ3) is 4.00. The molecule has 0 aliphatic heterocycles. The van der Waals surface area contributed by atoms with Gasteiger partial charge in [-0.25, -0.2) is 9.18 Å². The van der Waals surface area contributed by atoms with Crippen molar-refractivity contribution >= 4 is 35.0 Å². The fraction of sp³-hybridized carbons (Fsp3) is 0.125.